The molecule has 0 aliphatic heterocycles. The van der Waals surface area contributed by atoms with Crippen molar-refractivity contribution in [3.05, 3.63) is 17.8 Å². The number of carbonyl (C=O) groups is 2. The van der Waals surface area contributed by atoms with Crippen LogP contribution in [0.4, 0.5) is 5.82 Å². The van der Waals surface area contributed by atoms with Crippen molar-refractivity contribution in [1.82, 2.24) is 4.98 Å². The third kappa shape index (κ3) is 2.19. The molecule has 0 spiro atoms. The number of rotatable bonds is 2. The van der Waals surface area contributed by atoms with Crippen LogP contribution in [0.15, 0.2) is 12.3 Å². The molecular formula is C8H8N2O4. The standard InChI is InChI=1S/C8H8N2O4/c1-4(11)10-7-6(8(13)14)2-5(12)3-9-7/h2-3,12H,1H3,(H,13,14)(H,9,10,11). The van der Waals surface area contributed by atoms with Gasteiger partial charge in [0.25, 0.3) is 0 Å². The molecule has 0 saturated heterocycles. The van der Waals surface area contributed by atoms with Crippen molar-refractivity contribution in [2.45, 2.75) is 6.92 Å². The van der Waals surface area contributed by atoms with Crippen molar-refractivity contribution in [3.63, 3.8) is 0 Å². The molecule has 0 atom stereocenters. The van der Waals surface area contributed by atoms with Gasteiger partial charge in [-0.2, -0.15) is 0 Å². The normalized spacial score (nSPS) is 9.50. The number of amides is 1. The van der Waals surface area contributed by atoms with Gasteiger partial charge in [-0.15, -0.1) is 0 Å². The summed E-state index contributed by atoms with van der Waals surface area (Å²) in [7, 11) is 0. The van der Waals surface area contributed by atoms with Gasteiger partial charge in [-0.05, 0) is 6.07 Å². The van der Waals surface area contributed by atoms with Crippen molar-refractivity contribution >= 4 is 17.7 Å². The van der Waals surface area contributed by atoms with Gasteiger partial charge in [-0.25, -0.2) is 9.78 Å². The van der Waals surface area contributed by atoms with Gasteiger partial charge >= 0.3 is 5.97 Å². The van der Waals surface area contributed by atoms with Crippen LogP contribution in [0, 0.1) is 0 Å². The van der Waals surface area contributed by atoms with Crippen molar-refractivity contribution in [2.75, 3.05) is 5.32 Å². The van der Waals surface area contributed by atoms with Crippen LogP contribution in [0.1, 0.15) is 17.3 Å². The molecule has 0 radical (unpaired) electrons. The molecule has 0 fully saturated rings. The summed E-state index contributed by atoms with van der Waals surface area (Å²) in [5.41, 5.74) is -0.250. The number of carbonyl (C=O) groups excluding carboxylic acids is 1. The van der Waals surface area contributed by atoms with Crippen molar-refractivity contribution in [1.29, 1.82) is 0 Å². The minimum absolute atomic E-state index is 0.0807. The van der Waals surface area contributed by atoms with Crippen LogP contribution in [0.3, 0.4) is 0 Å². The van der Waals surface area contributed by atoms with Gasteiger partial charge < -0.3 is 15.5 Å². The first-order chi connectivity index (χ1) is 6.50. The molecule has 1 rings (SSSR count). The molecule has 0 aliphatic carbocycles. The average molecular weight is 196 g/mol. The van der Waals surface area contributed by atoms with Gasteiger partial charge in [-0.3, -0.25) is 4.79 Å². The fraction of sp³-hybridized carbons (Fsp3) is 0.125. The Morgan fingerprint density at radius 1 is 1.50 bits per heavy atom. The molecule has 0 aliphatic rings. The monoisotopic (exact) mass is 196 g/mol. The maximum absolute atomic E-state index is 10.7. The molecule has 6 heteroatoms. The number of carboxylic acids is 1. The molecule has 74 valence electrons. The van der Waals surface area contributed by atoms with E-state index in [-0.39, 0.29) is 17.1 Å². The predicted octanol–water partition coefficient (Wildman–Crippen LogP) is 0.444. The Morgan fingerprint density at radius 3 is 2.64 bits per heavy atom. The molecule has 0 bridgehead atoms. The summed E-state index contributed by atoms with van der Waals surface area (Å²) in [5, 5.41) is 19.9. The van der Waals surface area contributed by atoms with E-state index in [2.05, 4.69) is 10.3 Å². The van der Waals surface area contributed by atoms with E-state index in [0.717, 1.165) is 12.3 Å². The van der Waals surface area contributed by atoms with E-state index in [1.807, 2.05) is 0 Å². The summed E-state index contributed by atoms with van der Waals surface area (Å²) in [6, 6.07) is 1.01. The van der Waals surface area contributed by atoms with Gasteiger partial charge in [-0.1, -0.05) is 0 Å². The molecule has 1 heterocycles. The average Bonchev–Trinajstić information content (AvgIpc) is 2.07. The third-order valence-electron chi connectivity index (χ3n) is 1.40. The number of anilines is 1. The van der Waals surface area contributed by atoms with E-state index in [0.29, 0.717) is 0 Å². The molecule has 1 aromatic rings. The van der Waals surface area contributed by atoms with Crippen LogP contribution in [0.5, 0.6) is 5.75 Å². The lowest BCUT2D eigenvalue weighted by Crippen LogP contribution is -2.12. The number of aromatic hydroxyl groups is 1. The van der Waals surface area contributed by atoms with Gasteiger partial charge in [0.2, 0.25) is 5.91 Å². The van der Waals surface area contributed by atoms with Gasteiger partial charge in [0.05, 0.1) is 6.20 Å². The number of aromatic nitrogens is 1. The highest BCUT2D eigenvalue weighted by Crippen LogP contribution is 2.17. The largest absolute Gasteiger partial charge is 0.506 e. The topological polar surface area (TPSA) is 99.5 Å². The predicted molar refractivity (Wildman–Crippen MR) is 47.2 cm³/mol. The van der Waals surface area contributed by atoms with Crippen molar-refractivity contribution in [2.24, 2.45) is 0 Å². The highest BCUT2D eigenvalue weighted by molar-refractivity contribution is 5.98. The lowest BCUT2D eigenvalue weighted by atomic mass is 10.2. The zero-order chi connectivity index (χ0) is 10.7. The number of carboxylic acid groups (broad SMARTS) is 1. The second kappa shape index (κ2) is 3.73. The Balaban J connectivity index is 3.14. The Kier molecular flexibility index (Phi) is 2.66. The molecular weight excluding hydrogens is 188 g/mol. The van der Waals surface area contributed by atoms with E-state index in [1.54, 1.807) is 0 Å². The summed E-state index contributed by atoms with van der Waals surface area (Å²) < 4.78 is 0. The Labute approximate surface area is 79.2 Å². The molecule has 3 N–H and O–H groups in total. The molecule has 14 heavy (non-hydrogen) atoms. The molecule has 1 aromatic heterocycles. The Morgan fingerprint density at radius 2 is 2.14 bits per heavy atom. The molecule has 1 amide bonds. The van der Waals surface area contributed by atoms with Crippen LogP contribution in [0.2, 0.25) is 0 Å². The smallest absolute Gasteiger partial charge is 0.339 e. The van der Waals surface area contributed by atoms with E-state index >= 15 is 0 Å². The van der Waals surface area contributed by atoms with Crippen molar-refractivity contribution < 1.29 is 19.8 Å². The SMILES string of the molecule is CC(=O)Nc1ncc(O)cc1C(=O)O. The number of aromatic carboxylic acids is 1. The van der Waals surface area contributed by atoms with E-state index < -0.39 is 11.9 Å². The lowest BCUT2D eigenvalue weighted by molar-refractivity contribution is -0.114. The second-order valence-corrected chi connectivity index (χ2v) is 2.58. The molecule has 0 aromatic carbocycles. The number of pyridine rings is 1. The number of hydrogen-bond donors (Lipinski definition) is 3. The lowest BCUT2D eigenvalue weighted by Gasteiger charge is -2.04. The first-order valence-electron chi connectivity index (χ1n) is 3.70. The number of nitrogens with zero attached hydrogens (tertiary/aromatic N) is 1. The van der Waals surface area contributed by atoms with Gasteiger partial charge in [0.15, 0.2) is 0 Å². The fourth-order valence-electron chi connectivity index (χ4n) is 0.883. The van der Waals surface area contributed by atoms with E-state index in [9.17, 15) is 9.59 Å². The quantitative estimate of drug-likeness (QED) is 0.637. The molecule has 0 saturated carbocycles. The fourth-order valence-corrected chi connectivity index (χ4v) is 0.883. The maximum Gasteiger partial charge on any atom is 0.339 e. The summed E-state index contributed by atoms with van der Waals surface area (Å²) in [4.78, 5) is 24.9. The Hall–Kier alpha value is -2.11. The summed E-state index contributed by atoms with van der Waals surface area (Å²) >= 11 is 0. The van der Waals surface area contributed by atoms with Gasteiger partial charge in [0.1, 0.15) is 17.1 Å². The van der Waals surface area contributed by atoms with E-state index in [1.165, 1.54) is 6.92 Å². The highest BCUT2D eigenvalue weighted by atomic mass is 16.4. The number of nitrogens with one attached hydrogen (secondary N) is 1. The number of hydrogen-bond acceptors (Lipinski definition) is 4. The minimum atomic E-state index is -1.27. The van der Waals surface area contributed by atoms with Crippen LogP contribution >= 0.6 is 0 Å². The zero-order valence-corrected chi connectivity index (χ0v) is 7.31. The first-order valence-corrected chi connectivity index (χ1v) is 3.70. The summed E-state index contributed by atoms with van der Waals surface area (Å²) in [5.74, 6) is -2.04. The highest BCUT2D eigenvalue weighted by Gasteiger charge is 2.13. The summed E-state index contributed by atoms with van der Waals surface area (Å²) in [6.45, 7) is 1.24. The third-order valence-corrected chi connectivity index (χ3v) is 1.40. The van der Waals surface area contributed by atoms with Crippen molar-refractivity contribution in [3.8, 4) is 5.75 Å². The minimum Gasteiger partial charge on any atom is -0.506 e. The van der Waals surface area contributed by atoms with Crippen LogP contribution in [-0.4, -0.2) is 27.1 Å². The first kappa shape index (κ1) is 9.97. The second-order valence-electron chi connectivity index (χ2n) is 2.58. The Bertz CT molecular complexity index is 389. The van der Waals surface area contributed by atoms with E-state index in [4.69, 9.17) is 10.2 Å². The van der Waals surface area contributed by atoms with Crippen LogP contribution in [-0.2, 0) is 4.79 Å². The summed E-state index contributed by atoms with van der Waals surface area (Å²) in [6.07, 6.45) is 1.05. The van der Waals surface area contributed by atoms with Gasteiger partial charge in [0, 0.05) is 6.92 Å². The van der Waals surface area contributed by atoms with Crippen LogP contribution < -0.4 is 5.32 Å². The molecule has 6 nitrogen and oxygen atoms in total. The van der Waals surface area contributed by atoms with Crippen LogP contribution in [0.25, 0.3) is 0 Å². The maximum atomic E-state index is 10.7. The molecule has 0 unspecified atom stereocenters. The zero-order valence-electron chi connectivity index (χ0n) is 7.31.